The zero-order valence-corrected chi connectivity index (χ0v) is 15.2. The van der Waals surface area contributed by atoms with Crippen molar-refractivity contribution in [1.82, 2.24) is 9.38 Å². The number of phenols is 1. The molecule has 4 rings (SSSR count). The summed E-state index contributed by atoms with van der Waals surface area (Å²) >= 11 is 3.52. The number of hydrogen-bond acceptors (Lipinski definition) is 3. The third kappa shape index (κ3) is 2.98. The quantitative estimate of drug-likeness (QED) is 0.481. The van der Waals surface area contributed by atoms with Crippen molar-refractivity contribution < 1.29 is 5.11 Å². The fourth-order valence-electron chi connectivity index (χ4n) is 2.77. The Morgan fingerprint density at radius 1 is 1.00 bits per heavy atom. The van der Waals surface area contributed by atoms with E-state index in [4.69, 9.17) is 4.98 Å². The minimum atomic E-state index is 0.205. The fourth-order valence-corrected chi connectivity index (χ4v) is 3.11. The highest BCUT2D eigenvalue weighted by atomic mass is 79.9. The van der Waals surface area contributed by atoms with Gasteiger partial charge in [0.25, 0.3) is 0 Å². The topological polar surface area (TPSA) is 49.6 Å². The molecule has 2 N–H and O–H groups in total. The molecule has 4 aromatic rings. The number of para-hydroxylation sites is 1. The molecule has 124 valence electrons. The number of aryl methyl sites for hydroxylation is 1. The zero-order valence-electron chi connectivity index (χ0n) is 13.6. The van der Waals surface area contributed by atoms with Crippen molar-refractivity contribution in [2.75, 3.05) is 5.32 Å². The van der Waals surface area contributed by atoms with Crippen molar-refractivity contribution in [2.45, 2.75) is 6.92 Å². The summed E-state index contributed by atoms with van der Waals surface area (Å²) in [5.41, 5.74) is 4.36. The third-order valence-electron chi connectivity index (χ3n) is 4.06. The summed E-state index contributed by atoms with van der Waals surface area (Å²) in [5, 5.41) is 13.7. The van der Waals surface area contributed by atoms with Gasteiger partial charge >= 0.3 is 0 Å². The van der Waals surface area contributed by atoms with E-state index in [1.807, 2.05) is 47.0 Å². The van der Waals surface area contributed by atoms with Gasteiger partial charge in [-0.25, -0.2) is 4.98 Å². The highest BCUT2D eigenvalue weighted by Gasteiger charge is 2.17. The second-order valence-electron chi connectivity index (χ2n) is 5.89. The molecule has 0 aliphatic heterocycles. The van der Waals surface area contributed by atoms with Crippen LogP contribution in [0.2, 0.25) is 0 Å². The van der Waals surface area contributed by atoms with E-state index in [1.165, 1.54) is 5.56 Å². The number of aromatic hydroxyl groups is 1. The average Bonchev–Trinajstić information content (AvgIpc) is 2.95. The first-order valence-corrected chi connectivity index (χ1v) is 8.71. The Morgan fingerprint density at radius 2 is 1.76 bits per heavy atom. The van der Waals surface area contributed by atoms with Crippen LogP contribution in [-0.4, -0.2) is 14.5 Å². The maximum Gasteiger partial charge on any atom is 0.143 e. The summed E-state index contributed by atoms with van der Waals surface area (Å²) in [7, 11) is 0. The van der Waals surface area contributed by atoms with Gasteiger partial charge < -0.3 is 10.4 Å². The summed E-state index contributed by atoms with van der Waals surface area (Å²) in [6, 6.07) is 19.3. The molecule has 0 saturated heterocycles. The number of fused-ring (bicyclic) bond motifs is 1. The van der Waals surface area contributed by atoms with Gasteiger partial charge in [0.05, 0.1) is 0 Å². The van der Waals surface area contributed by atoms with Crippen molar-refractivity contribution in [3.8, 4) is 17.0 Å². The average molecular weight is 394 g/mol. The van der Waals surface area contributed by atoms with E-state index in [0.717, 1.165) is 21.6 Å². The fraction of sp³-hybridized carbons (Fsp3) is 0.0500. The Hall–Kier alpha value is -2.79. The van der Waals surface area contributed by atoms with Gasteiger partial charge in [0.1, 0.15) is 22.9 Å². The zero-order chi connectivity index (χ0) is 17.4. The van der Waals surface area contributed by atoms with E-state index in [-0.39, 0.29) is 5.75 Å². The molecule has 5 heteroatoms. The Bertz CT molecular complexity index is 1050. The largest absolute Gasteiger partial charge is 0.507 e. The van der Waals surface area contributed by atoms with Crippen LogP contribution < -0.4 is 5.32 Å². The first-order chi connectivity index (χ1) is 12.1. The molecule has 4 nitrogen and oxygen atoms in total. The molecule has 0 unspecified atom stereocenters. The highest BCUT2D eigenvalue weighted by Crippen LogP contribution is 2.36. The molecular formula is C20H16BrN3O. The van der Waals surface area contributed by atoms with Crippen molar-refractivity contribution in [3.05, 3.63) is 76.9 Å². The van der Waals surface area contributed by atoms with Crippen LogP contribution in [0.4, 0.5) is 11.5 Å². The van der Waals surface area contributed by atoms with Crippen LogP contribution in [0.1, 0.15) is 5.56 Å². The Labute approximate surface area is 153 Å². The van der Waals surface area contributed by atoms with Gasteiger partial charge in [0.15, 0.2) is 0 Å². The van der Waals surface area contributed by atoms with Gasteiger partial charge in [-0.3, -0.25) is 4.40 Å². The number of pyridine rings is 1. The lowest BCUT2D eigenvalue weighted by atomic mass is 10.1. The molecule has 0 fully saturated rings. The third-order valence-corrected chi connectivity index (χ3v) is 4.52. The summed E-state index contributed by atoms with van der Waals surface area (Å²) in [6.07, 6.45) is 1.96. The molecular weight excluding hydrogens is 378 g/mol. The van der Waals surface area contributed by atoms with Crippen molar-refractivity contribution >= 4 is 33.1 Å². The molecule has 0 atom stereocenters. The van der Waals surface area contributed by atoms with Crippen LogP contribution in [0.5, 0.6) is 5.75 Å². The van der Waals surface area contributed by atoms with Crippen LogP contribution >= 0.6 is 15.9 Å². The molecule has 0 saturated carbocycles. The minimum Gasteiger partial charge on any atom is -0.507 e. The number of benzene rings is 2. The molecule has 2 heterocycles. The molecule has 2 aromatic carbocycles. The van der Waals surface area contributed by atoms with Crippen LogP contribution in [0.3, 0.4) is 0 Å². The van der Waals surface area contributed by atoms with Gasteiger partial charge in [-0.15, -0.1) is 0 Å². The lowest BCUT2D eigenvalue weighted by Gasteiger charge is -2.10. The van der Waals surface area contributed by atoms with Crippen LogP contribution in [0.15, 0.2) is 71.3 Å². The van der Waals surface area contributed by atoms with Crippen LogP contribution in [0, 0.1) is 6.92 Å². The number of hydrogen-bond donors (Lipinski definition) is 2. The summed E-state index contributed by atoms with van der Waals surface area (Å²) in [4.78, 5) is 4.72. The normalized spacial score (nSPS) is 11.0. The lowest BCUT2D eigenvalue weighted by Crippen LogP contribution is -1.97. The van der Waals surface area contributed by atoms with Crippen molar-refractivity contribution in [2.24, 2.45) is 0 Å². The molecule has 0 spiro atoms. The van der Waals surface area contributed by atoms with Gasteiger partial charge in [-0.05, 0) is 59.3 Å². The van der Waals surface area contributed by atoms with Gasteiger partial charge in [0.2, 0.25) is 0 Å². The Morgan fingerprint density at radius 3 is 2.52 bits per heavy atom. The van der Waals surface area contributed by atoms with E-state index in [1.54, 1.807) is 12.1 Å². The second-order valence-corrected chi connectivity index (χ2v) is 6.81. The number of aromatic nitrogens is 2. The molecule has 2 aromatic heterocycles. The number of rotatable bonds is 3. The summed E-state index contributed by atoms with van der Waals surface area (Å²) in [5.74, 6) is 1.01. The van der Waals surface area contributed by atoms with E-state index in [0.29, 0.717) is 11.3 Å². The van der Waals surface area contributed by atoms with Crippen LogP contribution in [-0.2, 0) is 0 Å². The van der Waals surface area contributed by atoms with E-state index < -0.39 is 0 Å². The number of phenolic OH excluding ortho intramolecular Hbond substituents is 1. The molecule has 0 radical (unpaired) electrons. The minimum absolute atomic E-state index is 0.205. The predicted octanol–water partition coefficient (Wildman–Crippen LogP) is 5.52. The molecule has 0 bridgehead atoms. The van der Waals surface area contributed by atoms with Crippen molar-refractivity contribution in [3.63, 3.8) is 0 Å². The van der Waals surface area contributed by atoms with E-state index in [9.17, 15) is 5.11 Å². The summed E-state index contributed by atoms with van der Waals surface area (Å²) < 4.78 is 2.93. The first kappa shape index (κ1) is 15.7. The lowest BCUT2D eigenvalue weighted by molar-refractivity contribution is 0.477. The number of anilines is 2. The second kappa shape index (κ2) is 6.26. The Balaban J connectivity index is 1.93. The Kier molecular flexibility index (Phi) is 3.93. The molecule has 0 aliphatic rings. The van der Waals surface area contributed by atoms with E-state index >= 15 is 0 Å². The maximum absolute atomic E-state index is 10.3. The number of nitrogens with one attached hydrogen (secondary N) is 1. The van der Waals surface area contributed by atoms with Gasteiger partial charge in [-0.2, -0.15) is 0 Å². The monoisotopic (exact) mass is 393 g/mol. The number of halogens is 1. The summed E-state index contributed by atoms with van der Waals surface area (Å²) in [6.45, 7) is 2.06. The predicted molar refractivity (Wildman–Crippen MR) is 104 cm³/mol. The highest BCUT2D eigenvalue weighted by molar-refractivity contribution is 9.10. The molecule has 0 amide bonds. The van der Waals surface area contributed by atoms with Gasteiger partial charge in [-0.1, -0.05) is 29.8 Å². The van der Waals surface area contributed by atoms with E-state index in [2.05, 4.69) is 40.3 Å². The SMILES string of the molecule is Cc1ccc(Nc2c(-c3ccccc3O)nc3ccc(Br)cn23)cc1. The van der Waals surface area contributed by atoms with Crippen LogP contribution in [0.25, 0.3) is 16.9 Å². The van der Waals surface area contributed by atoms with Gasteiger partial charge in [0, 0.05) is 21.9 Å². The smallest absolute Gasteiger partial charge is 0.143 e. The number of nitrogens with zero attached hydrogens (tertiary/aromatic N) is 2. The standard InChI is InChI=1S/C20H16BrN3O/c1-13-6-9-15(10-7-13)22-20-19(16-4-2-3-5-17(16)25)23-18-11-8-14(21)12-24(18)20/h2-12,22,25H,1H3. The molecule has 25 heavy (non-hydrogen) atoms. The molecule has 0 aliphatic carbocycles. The first-order valence-electron chi connectivity index (χ1n) is 7.91. The van der Waals surface area contributed by atoms with Crippen molar-refractivity contribution in [1.29, 1.82) is 0 Å². The maximum atomic E-state index is 10.3. The number of imidazole rings is 1.